The molecule has 208 valence electrons. The fraction of sp³-hybridized carbons (Fsp3) is 0.576. The highest BCUT2D eigenvalue weighted by Crippen LogP contribution is 2.46. The fourth-order valence-corrected chi connectivity index (χ4v) is 7.92. The van der Waals surface area contributed by atoms with Gasteiger partial charge in [-0.05, 0) is 102 Å². The number of para-hydroxylation sites is 2. The van der Waals surface area contributed by atoms with E-state index in [0.717, 1.165) is 37.1 Å². The Bertz CT molecular complexity index is 1340. The van der Waals surface area contributed by atoms with Crippen molar-refractivity contribution in [3.63, 3.8) is 0 Å². The molecule has 2 aromatic carbocycles. The maximum atomic E-state index is 13.0. The highest BCUT2D eigenvalue weighted by molar-refractivity contribution is 5.76. The molecule has 1 aliphatic carbocycles. The van der Waals surface area contributed by atoms with Crippen LogP contribution in [0.2, 0.25) is 0 Å². The first-order chi connectivity index (χ1) is 18.6. The van der Waals surface area contributed by atoms with Crippen molar-refractivity contribution < 1.29 is 9.53 Å². The average molecular weight is 529 g/mol. The minimum absolute atomic E-state index is 0.0321. The first-order valence-electron chi connectivity index (χ1n) is 14.9. The maximum Gasteiger partial charge on any atom is 0.410 e. The van der Waals surface area contributed by atoms with E-state index in [2.05, 4.69) is 64.9 Å². The van der Waals surface area contributed by atoms with Crippen LogP contribution in [0, 0.1) is 6.92 Å². The van der Waals surface area contributed by atoms with Crippen molar-refractivity contribution in [2.45, 2.75) is 102 Å². The van der Waals surface area contributed by atoms with Gasteiger partial charge in [-0.2, -0.15) is 0 Å². The first kappa shape index (κ1) is 26.4. The SMILES string of the molecule is Cc1nc2ccccc2n1C1C[C@H]2CC[C@@H](C1)N2CCC1(CN(C)C(=O)OC(C)(C)C)CCc2ccccc21. The second kappa shape index (κ2) is 9.96. The van der Waals surface area contributed by atoms with Gasteiger partial charge in [-0.15, -0.1) is 0 Å². The summed E-state index contributed by atoms with van der Waals surface area (Å²) >= 11 is 0. The van der Waals surface area contributed by atoms with Crippen molar-refractivity contribution >= 4 is 17.1 Å². The molecule has 1 aromatic heterocycles. The van der Waals surface area contributed by atoms with E-state index in [1.165, 1.54) is 42.3 Å². The highest BCUT2D eigenvalue weighted by Gasteiger charge is 2.45. The molecule has 2 fully saturated rings. The molecule has 6 heteroatoms. The Kier molecular flexibility index (Phi) is 6.73. The molecule has 6 rings (SSSR count). The number of benzene rings is 2. The molecule has 2 saturated heterocycles. The summed E-state index contributed by atoms with van der Waals surface area (Å²) in [5.74, 6) is 1.14. The number of amides is 1. The Morgan fingerprint density at radius 1 is 1.05 bits per heavy atom. The van der Waals surface area contributed by atoms with E-state index in [1.54, 1.807) is 0 Å². The number of fused-ring (bicyclic) bond motifs is 4. The van der Waals surface area contributed by atoms with Crippen LogP contribution in [0.4, 0.5) is 4.79 Å². The first-order valence-corrected chi connectivity index (χ1v) is 14.9. The van der Waals surface area contributed by atoms with Gasteiger partial charge in [0.1, 0.15) is 11.4 Å². The van der Waals surface area contributed by atoms with Gasteiger partial charge in [-0.1, -0.05) is 36.4 Å². The molecule has 0 spiro atoms. The number of likely N-dealkylation sites (N-methyl/N-ethyl adjacent to an activating group) is 1. The lowest BCUT2D eigenvalue weighted by Gasteiger charge is -2.42. The predicted molar refractivity (Wildman–Crippen MR) is 156 cm³/mol. The summed E-state index contributed by atoms with van der Waals surface area (Å²) in [6.45, 7) is 9.76. The van der Waals surface area contributed by atoms with E-state index >= 15 is 0 Å². The summed E-state index contributed by atoms with van der Waals surface area (Å²) in [6, 6.07) is 19.2. The van der Waals surface area contributed by atoms with Gasteiger partial charge in [0.05, 0.1) is 11.0 Å². The third kappa shape index (κ3) is 4.97. The lowest BCUT2D eigenvalue weighted by Crippen LogP contribution is -2.48. The summed E-state index contributed by atoms with van der Waals surface area (Å²) in [7, 11) is 1.91. The van der Waals surface area contributed by atoms with Gasteiger partial charge in [-0.3, -0.25) is 4.90 Å². The summed E-state index contributed by atoms with van der Waals surface area (Å²) in [6.07, 6.45) is 7.98. The minimum atomic E-state index is -0.492. The Morgan fingerprint density at radius 2 is 1.74 bits per heavy atom. The van der Waals surface area contributed by atoms with Crippen molar-refractivity contribution in [1.82, 2.24) is 19.4 Å². The van der Waals surface area contributed by atoms with Crippen LogP contribution >= 0.6 is 0 Å². The Labute approximate surface area is 233 Å². The molecule has 3 heterocycles. The molecule has 39 heavy (non-hydrogen) atoms. The molecule has 2 unspecified atom stereocenters. The molecule has 3 aliphatic rings. The summed E-state index contributed by atoms with van der Waals surface area (Å²) in [4.78, 5) is 22.5. The molecule has 6 nitrogen and oxygen atoms in total. The maximum absolute atomic E-state index is 13.0. The molecular formula is C33H44N4O2. The number of ether oxygens (including phenoxy) is 1. The number of rotatable bonds is 6. The minimum Gasteiger partial charge on any atom is -0.444 e. The number of piperidine rings is 1. The molecular weight excluding hydrogens is 484 g/mol. The van der Waals surface area contributed by atoms with Crippen LogP contribution in [0.25, 0.3) is 11.0 Å². The monoisotopic (exact) mass is 528 g/mol. The van der Waals surface area contributed by atoms with E-state index < -0.39 is 5.60 Å². The van der Waals surface area contributed by atoms with Crippen molar-refractivity contribution in [3.8, 4) is 0 Å². The molecule has 3 aromatic rings. The number of hydrogen-bond acceptors (Lipinski definition) is 4. The van der Waals surface area contributed by atoms with Gasteiger partial charge >= 0.3 is 6.09 Å². The van der Waals surface area contributed by atoms with E-state index in [4.69, 9.17) is 9.72 Å². The number of imidazole rings is 1. The third-order valence-corrected chi connectivity index (χ3v) is 9.55. The van der Waals surface area contributed by atoms with Crippen LogP contribution in [-0.4, -0.2) is 63.3 Å². The van der Waals surface area contributed by atoms with Crippen molar-refractivity contribution in [2.24, 2.45) is 0 Å². The largest absolute Gasteiger partial charge is 0.444 e. The molecule has 2 aliphatic heterocycles. The van der Waals surface area contributed by atoms with Crippen LogP contribution in [-0.2, 0) is 16.6 Å². The number of nitrogens with zero attached hydrogens (tertiary/aromatic N) is 4. The van der Waals surface area contributed by atoms with Crippen LogP contribution in [0.5, 0.6) is 0 Å². The number of hydrogen-bond donors (Lipinski definition) is 0. The molecule has 0 radical (unpaired) electrons. The van der Waals surface area contributed by atoms with E-state index in [0.29, 0.717) is 24.7 Å². The Hall–Kier alpha value is -2.86. The summed E-state index contributed by atoms with van der Waals surface area (Å²) < 4.78 is 8.25. The van der Waals surface area contributed by atoms with E-state index in [9.17, 15) is 4.79 Å². The second-order valence-electron chi connectivity index (χ2n) is 13.3. The van der Waals surface area contributed by atoms with Crippen LogP contribution in [0.1, 0.15) is 82.3 Å². The quantitative estimate of drug-likeness (QED) is 0.359. The third-order valence-electron chi connectivity index (χ3n) is 9.55. The number of aromatic nitrogens is 2. The number of carbonyl (C=O) groups excluding carboxylic acids is 1. The summed E-state index contributed by atoms with van der Waals surface area (Å²) in [5, 5.41) is 0. The topological polar surface area (TPSA) is 50.6 Å². The highest BCUT2D eigenvalue weighted by atomic mass is 16.6. The van der Waals surface area contributed by atoms with Gasteiger partial charge in [0.25, 0.3) is 0 Å². The van der Waals surface area contributed by atoms with Gasteiger partial charge in [-0.25, -0.2) is 9.78 Å². The smallest absolute Gasteiger partial charge is 0.410 e. The van der Waals surface area contributed by atoms with E-state index in [1.807, 2.05) is 32.7 Å². The molecule has 1 amide bonds. The molecule has 0 saturated carbocycles. The zero-order valence-electron chi connectivity index (χ0n) is 24.3. The lowest BCUT2D eigenvalue weighted by molar-refractivity contribution is 0.0241. The van der Waals surface area contributed by atoms with Gasteiger partial charge in [0, 0.05) is 37.1 Å². The van der Waals surface area contributed by atoms with Crippen molar-refractivity contribution in [1.29, 1.82) is 0 Å². The van der Waals surface area contributed by atoms with E-state index in [-0.39, 0.29) is 11.5 Å². The molecule has 0 N–H and O–H groups in total. The van der Waals surface area contributed by atoms with Crippen LogP contribution in [0.15, 0.2) is 48.5 Å². The van der Waals surface area contributed by atoms with Crippen LogP contribution < -0.4 is 0 Å². The van der Waals surface area contributed by atoms with Gasteiger partial charge in [0.15, 0.2) is 0 Å². The zero-order chi connectivity index (χ0) is 27.4. The van der Waals surface area contributed by atoms with Gasteiger partial charge < -0.3 is 14.2 Å². The summed E-state index contributed by atoms with van der Waals surface area (Å²) in [5.41, 5.74) is 4.74. The van der Waals surface area contributed by atoms with Crippen molar-refractivity contribution in [3.05, 3.63) is 65.5 Å². The predicted octanol–water partition coefficient (Wildman–Crippen LogP) is 6.65. The zero-order valence-corrected chi connectivity index (χ0v) is 24.3. The average Bonchev–Trinajstić information content (AvgIpc) is 3.50. The fourth-order valence-electron chi connectivity index (χ4n) is 7.92. The molecule has 2 bridgehead atoms. The number of aryl methyl sites for hydroxylation is 2. The normalized spacial score (nSPS) is 26.6. The standard InChI is InChI=1S/C33H44N4O2/c1-23-34-29-12-8-9-13-30(29)37(23)27-20-25-14-15-26(21-27)36(25)19-18-33(17-16-24-10-6-7-11-28(24)33)22-35(5)31(38)39-32(2,3)4/h6-13,25-27H,14-22H2,1-5H3/t25-,26+,27?,33?. The number of carbonyl (C=O) groups is 1. The second-order valence-corrected chi connectivity index (χ2v) is 13.3. The van der Waals surface area contributed by atoms with Crippen molar-refractivity contribution in [2.75, 3.05) is 20.1 Å². The van der Waals surface area contributed by atoms with Crippen LogP contribution in [0.3, 0.4) is 0 Å². The lowest BCUT2D eigenvalue weighted by atomic mass is 9.77. The Balaban J connectivity index is 1.20. The molecule has 4 atom stereocenters. The Morgan fingerprint density at radius 3 is 2.49 bits per heavy atom. The van der Waals surface area contributed by atoms with Gasteiger partial charge in [0.2, 0.25) is 0 Å².